The summed E-state index contributed by atoms with van der Waals surface area (Å²) in [6.07, 6.45) is 1.95. The minimum absolute atomic E-state index is 0.143. The van der Waals surface area contributed by atoms with Gasteiger partial charge in [0.05, 0.1) is 5.75 Å². The van der Waals surface area contributed by atoms with E-state index < -0.39 is 15.1 Å². The lowest BCUT2D eigenvalue weighted by molar-refractivity contribution is 0.0983. The predicted octanol–water partition coefficient (Wildman–Crippen LogP) is 3.05. The predicted molar refractivity (Wildman–Crippen MR) is 77.6 cm³/mol. The Balaban J connectivity index is 2.06. The van der Waals surface area contributed by atoms with Crippen LogP contribution in [0.1, 0.15) is 29.6 Å². The van der Waals surface area contributed by atoms with E-state index in [0.717, 1.165) is 16.5 Å². The molecule has 1 aliphatic rings. The van der Waals surface area contributed by atoms with E-state index in [4.69, 9.17) is 0 Å². The highest BCUT2D eigenvalue weighted by molar-refractivity contribution is 7.92. The smallest absolute Gasteiger partial charge is 0.182 e. The average Bonchev–Trinajstić information content (AvgIpc) is 2.85. The van der Waals surface area contributed by atoms with Gasteiger partial charge in [-0.1, -0.05) is 18.6 Å². The van der Waals surface area contributed by atoms with E-state index in [-0.39, 0.29) is 11.5 Å². The lowest BCUT2D eigenvalue weighted by Gasteiger charge is -2.21. The number of hydrogen-bond donors (Lipinski definition) is 0. The van der Waals surface area contributed by atoms with E-state index in [9.17, 15) is 13.2 Å². The number of fused-ring (bicyclic) bond motifs is 1. The molecule has 3 rings (SSSR count). The fourth-order valence-electron chi connectivity index (χ4n) is 2.61. The first-order chi connectivity index (χ1) is 9.09. The zero-order chi connectivity index (χ0) is 13.5. The van der Waals surface area contributed by atoms with Crippen molar-refractivity contribution in [1.82, 2.24) is 0 Å². The minimum Gasteiger partial charge on any atom is -0.293 e. The van der Waals surface area contributed by atoms with Crippen molar-refractivity contribution in [2.45, 2.75) is 24.5 Å². The molecule has 0 saturated carbocycles. The van der Waals surface area contributed by atoms with Crippen molar-refractivity contribution >= 4 is 37.0 Å². The molecule has 0 radical (unpaired) electrons. The minimum atomic E-state index is -3.27. The fourth-order valence-corrected chi connectivity index (χ4v) is 5.40. The second kappa shape index (κ2) is 4.72. The molecule has 1 saturated heterocycles. The molecular formula is C14H14O3S2. The molecule has 0 bridgehead atoms. The highest BCUT2D eigenvalue weighted by Gasteiger charge is 2.35. The summed E-state index contributed by atoms with van der Waals surface area (Å²) in [6, 6.07) is 7.45. The maximum absolute atomic E-state index is 12.6. The summed E-state index contributed by atoms with van der Waals surface area (Å²) in [5, 5.41) is 2.09. The molecule has 2 aromatic rings. The van der Waals surface area contributed by atoms with E-state index >= 15 is 0 Å². The first-order valence-corrected chi connectivity index (χ1v) is 8.91. The monoisotopic (exact) mass is 294 g/mol. The second-order valence-electron chi connectivity index (χ2n) is 4.86. The lowest BCUT2D eigenvalue weighted by atomic mass is 10.0. The zero-order valence-electron chi connectivity index (χ0n) is 10.3. The maximum Gasteiger partial charge on any atom is 0.182 e. The quantitative estimate of drug-likeness (QED) is 0.800. The van der Waals surface area contributed by atoms with Gasteiger partial charge in [-0.05, 0) is 35.7 Å². The van der Waals surface area contributed by atoms with Gasteiger partial charge in [-0.3, -0.25) is 4.79 Å². The molecule has 1 aromatic heterocycles. The van der Waals surface area contributed by atoms with Crippen LogP contribution >= 0.6 is 11.3 Å². The van der Waals surface area contributed by atoms with Gasteiger partial charge in [-0.15, -0.1) is 11.3 Å². The van der Waals surface area contributed by atoms with Crippen LogP contribution in [0, 0.1) is 0 Å². The molecular weight excluding hydrogens is 280 g/mol. The molecule has 0 spiro atoms. The molecule has 1 unspecified atom stereocenters. The molecule has 1 aromatic carbocycles. The number of benzene rings is 1. The van der Waals surface area contributed by atoms with Gasteiger partial charge in [0, 0.05) is 10.3 Å². The third-order valence-corrected chi connectivity index (χ3v) is 6.75. The molecule has 1 fully saturated rings. The topological polar surface area (TPSA) is 51.2 Å². The first-order valence-electron chi connectivity index (χ1n) is 6.31. The fraction of sp³-hybridized carbons (Fsp3) is 0.357. The first kappa shape index (κ1) is 12.8. The molecule has 19 heavy (non-hydrogen) atoms. The van der Waals surface area contributed by atoms with Crippen LogP contribution in [0.4, 0.5) is 0 Å². The number of Topliss-reactive ketones (excluding diaryl/α,β-unsaturated/α-hetero) is 1. The Hall–Kier alpha value is -1.20. The van der Waals surface area contributed by atoms with Crippen molar-refractivity contribution in [2.75, 3.05) is 5.75 Å². The summed E-state index contributed by atoms with van der Waals surface area (Å²) < 4.78 is 25.0. The van der Waals surface area contributed by atoms with Crippen molar-refractivity contribution in [2.24, 2.45) is 0 Å². The Bertz CT molecular complexity index is 728. The largest absolute Gasteiger partial charge is 0.293 e. The maximum atomic E-state index is 12.6. The van der Waals surface area contributed by atoms with Crippen LogP contribution in [0.25, 0.3) is 10.1 Å². The highest BCUT2D eigenvalue weighted by atomic mass is 32.2. The van der Waals surface area contributed by atoms with Crippen LogP contribution < -0.4 is 0 Å². The summed E-state index contributed by atoms with van der Waals surface area (Å²) in [7, 11) is -3.27. The van der Waals surface area contributed by atoms with Crippen LogP contribution in [-0.4, -0.2) is 25.2 Å². The highest BCUT2D eigenvalue weighted by Crippen LogP contribution is 2.29. The van der Waals surface area contributed by atoms with Gasteiger partial charge in [0.25, 0.3) is 0 Å². The number of carbonyl (C=O) groups is 1. The summed E-state index contributed by atoms with van der Waals surface area (Å²) in [5.41, 5.74) is 0.558. The van der Waals surface area contributed by atoms with Gasteiger partial charge in [0.15, 0.2) is 15.6 Å². The number of thiophene rings is 1. The molecule has 100 valence electrons. The van der Waals surface area contributed by atoms with Gasteiger partial charge in [0.1, 0.15) is 5.25 Å². The van der Waals surface area contributed by atoms with Crippen molar-refractivity contribution in [1.29, 1.82) is 0 Å². The Morgan fingerprint density at radius 3 is 2.84 bits per heavy atom. The van der Waals surface area contributed by atoms with E-state index in [1.54, 1.807) is 6.07 Å². The molecule has 2 heterocycles. The molecule has 1 aliphatic heterocycles. The van der Waals surface area contributed by atoms with Crippen LogP contribution in [0.3, 0.4) is 0 Å². The summed E-state index contributed by atoms with van der Waals surface area (Å²) in [5.74, 6) is -0.0863. The Morgan fingerprint density at radius 1 is 1.21 bits per heavy atom. The van der Waals surface area contributed by atoms with Crippen molar-refractivity contribution in [3.63, 3.8) is 0 Å². The summed E-state index contributed by atoms with van der Waals surface area (Å²) >= 11 is 1.49. The molecule has 0 aliphatic carbocycles. The van der Waals surface area contributed by atoms with Gasteiger partial charge in [0.2, 0.25) is 0 Å². The molecule has 5 heteroatoms. The standard InChI is InChI=1S/C14H14O3S2/c15-13(12-6-1-2-9-19(12,16)17)11-5-3-4-10-7-8-18-14(10)11/h3-5,7-8,12H,1-2,6,9H2. The van der Waals surface area contributed by atoms with Crippen LogP contribution in [-0.2, 0) is 9.84 Å². The number of sulfone groups is 1. The SMILES string of the molecule is O=C(c1cccc2ccsc12)C1CCCCS1(=O)=O. The number of ketones is 1. The van der Waals surface area contributed by atoms with Crippen molar-refractivity contribution < 1.29 is 13.2 Å². The van der Waals surface area contributed by atoms with Crippen LogP contribution in [0.15, 0.2) is 29.6 Å². The second-order valence-corrected chi connectivity index (χ2v) is 8.08. The molecule has 1 atom stereocenters. The van der Waals surface area contributed by atoms with Crippen LogP contribution in [0.5, 0.6) is 0 Å². The third-order valence-electron chi connectivity index (χ3n) is 3.62. The van der Waals surface area contributed by atoms with E-state index in [0.29, 0.717) is 18.4 Å². The van der Waals surface area contributed by atoms with Crippen molar-refractivity contribution in [3.8, 4) is 0 Å². The van der Waals surface area contributed by atoms with E-state index in [2.05, 4.69) is 0 Å². The molecule has 0 amide bonds. The Morgan fingerprint density at radius 2 is 2.05 bits per heavy atom. The lowest BCUT2D eigenvalue weighted by Crippen LogP contribution is -2.35. The van der Waals surface area contributed by atoms with Gasteiger partial charge < -0.3 is 0 Å². The van der Waals surface area contributed by atoms with Gasteiger partial charge in [-0.25, -0.2) is 8.42 Å². The Kier molecular flexibility index (Phi) is 3.19. The molecule has 3 nitrogen and oxygen atoms in total. The molecule has 0 N–H and O–H groups in total. The average molecular weight is 294 g/mol. The summed E-state index contributed by atoms with van der Waals surface area (Å²) in [6.45, 7) is 0. The van der Waals surface area contributed by atoms with E-state index in [1.165, 1.54) is 11.3 Å². The number of rotatable bonds is 2. The zero-order valence-corrected chi connectivity index (χ0v) is 12.0. The van der Waals surface area contributed by atoms with Crippen molar-refractivity contribution in [3.05, 3.63) is 35.2 Å². The number of carbonyl (C=O) groups excluding carboxylic acids is 1. The van der Waals surface area contributed by atoms with E-state index in [1.807, 2.05) is 23.6 Å². The third kappa shape index (κ3) is 2.21. The normalized spacial score (nSPS) is 22.4. The van der Waals surface area contributed by atoms with Gasteiger partial charge in [-0.2, -0.15) is 0 Å². The van der Waals surface area contributed by atoms with Gasteiger partial charge >= 0.3 is 0 Å². The van der Waals surface area contributed by atoms with Crippen LogP contribution in [0.2, 0.25) is 0 Å². The number of hydrogen-bond acceptors (Lipinski definition) is 4. The Labute approximate surface area is 116 Å². The summed E-state index contributed by atoms with van der Waals surface area (Å²) in [4.78, 5) is 12.6.